The minimum atomic E-state index is -1.26. The molecule has 17 heavy (non-hydrogen) atoms. The van der Waals surface area contributed by atoms with Gasteiger partial charge in [-0.05, 0) is 23.7 Å². The summed E-state index contributed by atoms with van der Waals surface area (Å²) in [5.41, 5.74) is 3.64. The van der Waals surface area contributed by atoms with Crippen molar-refractivity contribution in [2.45, 2.75) is 26.6 Å². The van der Waals surface area contributed by atoms with Crippen LogP contribution < -0.4 is 5.19 Å². The van der Waals surface area contributed by atoms with Gasteiger partial charge in [-0.3, -0.25) is 4.98 Å². The Morgan fingerprint density at radius 3 is 2.18 bits per heavy atom. The van der Waals surface area contributed by atoms with Crippen LogP contribution in [0.1, 0.15) is 5.56 Å². The third kappa shape index (κ3) is 2.64. The normalized spacial score (nSPS) is 11.5. The third-order valence-electron chi connectivity index (χ3n) is 2.99. The van der Waals surface area contributed by atoms with E-state index in [1.54, 1.807) is 0 Å². The van der Waals surface area contributed by atoms with Gasteiger partial charge in [0.05, 0.1) is 13.8 Å². The van der Waals surface area contributed by atoms with Gasteiger partial charge >= 0.3 is 0 Å². The highest BCUT2D eigenvalue weighted by Gasteiger charge is 2.19. The number of aryl methyl sites for hydroxylation is 1. The first-order valence-electron chi connectivity index (χ1n) is 6.01. The van der Waals surface area contributed by atoms with Gasteiger partial charge < -0.3 is 0 Å². The SMILES string of the molecule is Cc1cc(-c2ccccc2)ncc1[Si](C)(C)C. The van der Waals surface area contributed by atoms with Gasteiger partial charge in [-0.1, -0.05) is 50.0 Å². The number of hydrogen-bond donors (Lipinski definition) is 0. The quantitative estimate of drug-likeness (QED) is 0.732. The van der Waals surface area contributed by atoms with Crippen molar-refractivity contribution >= 4 is 13.3 Å². The molecule has 0 atom stereocenters. The van der Waals surface area contributed by atoms with E-state index >= 15 is 0 Å². The van der Waals surface area contributed by atoms with Crippen LogP contribution in [0.2, 0.25) is 19.6 Å². The van der Waals surface area contributed by atoms with Crippen LogP contribution in [0, 0.1) is 6.92 Å². The van der Waals surface area contributed by atoms with E-state index in [2.05, 4.69) is 68.1 Å². The molecule has 0 aliphatic rings. The fourth-order valence-electron chi connectivity index (χ4n) is 2.11. The molecule has 1 heterocycles. The number of pyridine rings is 1. The monoisotopic (exact) mass is 241 g/mol. The van der Waals surface area contributed by atoms with Crippen molar-refractivity contribution in [1.29, 1.82) is 0 Å². The first-order valence-corrected chi connectivity index (χ1v) is 9.51. The standard InChI is InChI=1S/C15H19NSi/c1-12-10-14(13-8-6-5-7-9-13)16-11-15(12)17(2,3)4/h5-11H,1-4H3. The van der Waals surface area contributed by atoms with E-state index < -0.39 is 8.07 Å². The second-order valence-corrected chi connectivity index (χ2v) is 10.5. The summed E-state index contributed by atoms with van der Waals surface area (Å²) < 4.78 is 0. The van der Waals surface area contributed by atoms with Crippen molar-refractivity contribution in [2.75, 3.05) is 0 Å². The summed E-state index contributed by atoms with van der Waals surface area (Å²) >= 11 is 0. The molecule has 88 valence electrons. The largest absolute Gasteiger partial charge is 0.256 e. The molecule has 0 radical (unpaired) electrons. The van der Waals surface area contributed by atoms with Crippen molar-refractivity contribution in [2.24, 2.45) is 0 Å². The number of benzene rings is 1. The second-order valence-electron chi connectivity index (χ2n) is 5.50. The zero-order chi connectivity index (χ0) is 12.5. The van der Waals surface area contributed by atoms with Gasteiger partial charge in [-0.15, -0.1) is 0 Å². The van der Waals surface area contributed by atoms with Gasteiger partial charge in [-0.2, -0.15) is 0 Å². The molecule has 0 aliphatic heterocycles. The Morgan fingerprint density at radius 2 is 1.65 bits per heavy atom. The lowest BCUT2D eigenvalue weighted by molar-refractivity contribution is 1.30. The average Bonchev–Trinajstić information content (AvgIpc) is 2.28. The van der Waals surface area contributed by atoms with E-state index in [1.807, 2.05) is 6.07 Å². The Bertz CT molecular complexity index is 512. The minimum absolute atomic E-state index is 1.07. The van der Waals surface area contributed by atoms with Crippen LogP contribution in [0.25, 0.3) is 11.3 Å². The Morgan fingerprint density at radius 1 is 1.00 bits per heavy atom. The number of rotatable bonds is 2. The van der Waals surface area contributed by atoms with Crippen LogP contribution in [0.3, 0.4) is 0 Å². The molecule has 0 unspecified atom stereocenters. The van der Waals surface area contributed by atoms with Crippen molar-refractivity contribution in [3.05, 3.63) is 48.2 Å². The van der Waals surface area contributed by atoms with Crippen LogP contribution in [0.5, 0.6) is 0 Å². The van der Waals surface area contributed by atoms with Crippen molar-refractivity contribution in [3.63, 3.8) is 0 Å². The number of nitrogens with zero attached hydrogens (tertiary/aromatic N) is 1. The van der Waals surface area contributed by atoms with E-state index in [-0.39, 0.29) is 0 Å². The van der Waals surface area contributed by atoms with E-state index in [4.69, 9.17) is 0 Å². The summed E-state index contributed by atoms with van der Waals surface area (Å²) in [6, 6.07) is 12.6. The lowest BCUT2D eigenvalue weighted by atomic mass is 10.1. The van der Waals surface area contributed by atoms with Gasteiger partial charge in [0.25, 0.3) is 0 Å². The highest BCUT2D eigenvalue weighted by molar-refractivity contribution is 6.89. The lowest BCUT2D eigenvalue weighted by Crippen LogP contribution is -2.39. The van der Waals surface area contributed by atoms with Crippen LogP contribution >= 0.6 is 0 Å². The van der Waals surface area contributed by atoms with Crippen LogP contribution in [0.4, 0.5) is 0 Å². The van der Waals surface area contributed by atoms with Crippen LogP contribution in [0.15, 0.2) is 42.6 Å². The molecule has 0 bridgehead atoms. The van der Waals surface area contributed by atoms with E-state index in [0.717, 1.165) is 5.69 Å². The van der Waals surface area contributed by atoms with Gasteiger partial charge in [0.1, 0.15) is 0 Å². The van der Waals surface area contributed by atoms with Crippen molar-refractivity contribution in [3.8, 4) is 11.3 Å². The highest BCUT2D eigenvalue weighted by atomic mass is 28.3. The molecular weight excluding hydrogens is 222 g/mol. The molecule has 0 N–H and O–H groups in total. The Balaban J connectivity index is 2.45. The fraction of sp³-hybridized carbons (Fsp3) is 0.267. The van der Waals surface area contributed by atoms with E-state index in [0.29, 0.717) is 0 Å². The summed E-state index contributed by atoms with van der Waals surface area (Å²) in [5, 5.41) is 1.46. The average molecular weight is 241 g/mol. The zero-order valence-corrected chi connectivity index (χ0v) is 12.0. The Hall–Kier alpha value is -1.41. The summed E-state index contributed by atoms with van der Waals surface area (Å²) in [6.07, 6.45) is 2.07. The predicted molar refractivity (Wildman–Crippen MR) is 77.4 cm³/mol. The molecular formula is C15H19NSi. The maximum Gasteiger partial charge on any atom is 0.0799 e. The summed E-state index contributed by atoms with van der Waals surface area (Å²) in [4.78, 5) is 4.61. The number of aromatic nitrogens is 1. The molecule has 0 saturated carbocycles. The Labute approximate surface area is 105 Å². The van der Waals surface area contributed by atoms with Gasteiger partial charge in [0.2, 0.25) is 0 Å². The highest BCUT2D eigenvalue weighted by Crippen LogP contribution is 2.17. The molecule has 0 amide bonds. The molecule has 1 nitrogen and oxygen atoms in total. The fourth-order valence-corrected chi connectivity index (χ4v) is 3.81. The second kappa shape index (κ2) is 4.45. The lowest BCUT2D eigenvalue weighted by Gasteiger charge is -2.19. The van der Waals surface area contributed by atoms with Gasteiger partial charge in [0.15, 0.2) is 0 Å². The predicted octanol–water partition coefficient (Wildman–Crippen LogP) is 3.60. The summed E-state index contributed by atoms with van der Waals surface area (Å²) in [7, 11) is -1.26. The Kier molecular flexibility index (Phi) is 3.16. The first kappa shape index (κ1) is 12.1. The van der Waals surface area contributed by atoms with Gasteiger partial charge in [-0.25, -0.2) is 0 Å². The molecule has 0 spiro atoms. The van der Waals surface area contributed by atoms with E-state index in [9.17, 15) is 0 Å². The summed E-state index contributed by atoms with van der Waals surface area (Å²) in [6.45, 7) is 9.28. The molecule has 2 aromatic rings. The molecule has 0 saturated heterocycles. The molecule has 0 fully saturated rings. The maximum atomic E-state index is 4.61. The summed E-state index contributed by atoms with van der Waals surface area (Å²) in [5.74, 6) is 0. The zero-order valence-electron chi connectivity index (χ0n) is 11.0. The van der Waals surface area contributed by atoms with Crippen LogP contribution in [-0.4, -0.2) is 13.1 Å². The smallest absolute Gasteiger partial charge is 0.0799 e. The molecule has 1 aromatic heterocycles. The van der Waals surface area contributed by atoms with Crippen LogP contribution in [-0.2, 0) is 0 Å². The molecule has 1 aromatic carbocycles. The van der Waals surface area contributed by atoms with Crippen molar-refractivity contribution < 1.29 is 0 Å². The molecule has 2 heteroatoms. The first-order chi connectivity index (χ1) is 7.98. The molecule has 2 rings (SSSR count). The maximum absolute atomic E-state index is 4.61. The topological polar surface area (TPSA) is 12.9 Å². The molecule has 0 aliphatic carbocycles. The minimum Gasteiger partial charge on any atom is -0.256 e. The van der Waals surface area contributed by atoms with Gasteiger partial charge in [0, 0.05) is 11.8 Å². The third-order valence-corrected chi connectivity index (χ3v) is 5.13. The number of hydrogen-bond acceptors (Lipinski definition) is 1. The van der Waals surface area contributed by atoms with E-state index in [1.165, 1.54) is 16.3 Å². The van der Waals surface area contributed by atoms with Crippen molar-refractivity contribution in [1.82, 2.24) is 4.98 Å².